The number of aromatic hydroxyl groups is 1. The van der Waals surface area contributed by atoms with Gasteiger partial charge in [0.1, 0.15) is 16.9 Å². The number of fused-ring (bicyclic) bond motifs is 1. The molecule has 0 fully saturated rings. The van der Waals surface area contributed by atoms with Crippen molar-refractivity contribution in [3.8, 4) is 5.75 Å². The number of benzene rings is 2. The molecule has 1 aromatic heterocycles. The molecule has 0 saturated heterocycles. The SMILES string of the molecule is Cc1ccc(S(=O)(=O)CCNC(=O)c2cc3ccc(O)cc3oc2=O)cc1. The quantitative estimate of drug-likeness (QED) is 0.648. The predicted molar refractivity (Wildman–Crippen MR) is 99.7 cm³/mol. The molecule has 0 spiro atoms. The minimum atomic E-state index is -3.55. The van der Waals surface area contributed by atoms with E-state index < -0.39 is 21.4 Å². The predicted octanol–water partition coefficient (Wildman–Crippen LogP) is 2.01. The summed E-state index contributed by atoms with van der Waals surface area (Å²) in [5.41, 5.74) is -0.00925. The number of nitrogens with one attached hydrogen (secondary N) is 1. The lowest BCUT2D eigenvalue weighted by molar-refractivity contribution is 0.0952. The zero-order chi connectivity index (χ0) is 19.6. The zero-order valence-electron chi connectivity index (χ0n) is 14.4. The highest BCUT2D eigenvalue weighted by molar-refractivity contribution is 7.91. The Kier molecular flexibility index (Phi) is 5.00. The molecule has 0 aliphatic rings. The van der Waals surface area contributed by atoms with Crippen molar-refractivity contribution in [2.24, 2.45) is 0 Å². The third-order valence-corrected chi connectivity index (χ3v) is 5.73. The fourth-order valence-electron chi connectivity index (χ4n) is 2.52. The number of sulfone groups is 1. The number of hydrogen-bond acceptors (Lipinski definition) is 6. The van der Waals surface area contributed by atoms with Gasteiger partial charge in [0, 0.05) is 18.0 Å². The van der Waals surface area contributed by atoms with Crippen LogP contribution in [-0.4, -0.2) is 31.7 Å². The Morgan fingerprint density at radius 1 is 1.11 bits per heavy atom. The molecule has 0 aliphatic carbocycles. The maximum atomic E-state index is 12.3. The summed E-state index contributed by atoms with van der Waals surface area (Å²) in [7, 11) is -3.55. The standard InChI is InChI=1S/C19H17NO6S/c1-12-2-6-15(7-3-12)27(24,25)9-8-20-18(22)16-10-13-4-5-14(21)11-17(13)26-19(16)23/h2-7,10-11,21H,8-9H2,1H3,(H,20,22). The van der Waals surface area contributed by atoms with Gasteiger partial charge in [0.2, 0.25) is 0 Å². The van der Waals surface area contributed by atoms with Crippen molar-refractivity contribution in [1.82, 2.24) is 5.32 Å². The van der Waals surface area contributed by atoms with Crippen LogP contribution in [0.3, 0.4) is 0 Å². The van der Waals surface area contributed by atoms with Crippen molar-refractivity contribution in [2.45, 2.75) is 11.8 Å². The molecular weight excluding hydrogens is 370 g/mol. The van der Waals surface area contributed by atoms with Crippen LogP contribution in [0.25, 0.3) is 11.0 Å². The molecule has 8 heteroatoms. The lowest BCUT2D eigenvalue weighted by Crippen LogP contribution is -2.32. The first-order valence-corrected chi connectivity index (χ1v) is 9.76. The van der Waals surface area contributed by atoms with Gasteiger partial charge in [-0.15, -0.1) is 0 Å². The molecule has 2 aromatic carbocycles. The molecule has 0 aliphatic heterocycles. The first kappa shape index (κ1) is 18.7. The molecule has 0 atom stereocenters. The van der Waals surface area contributed by atoms with E-state index >= 15 is 0 Å². The van der Waals surface area contributed by atoms with Gasteiger partial charge in [-0.3, -0.25) is 4.79 Å². The first-order valence-electron chi connectivity index (χ1n) is 8.11. The smallest absolute Gasteiger partial charge is 0.349 e. The fourth-order valence-corrected chi connectivity index (χ4v) is 3.67. The Bertz CT molecular complexity index is 1160. The summed E-state index contributed by atoms with van der Waals surface area (Å²) in [5.74, 6) is -1.09. The van der Waals surface area contributed by atoms with E-state index in [1.54, 1.807) is 12.1 Å². The van der Waals surface area contributed by atoms with Gasteiger partial charge >= 0.3 is 5.63 Å². The molecule has 7 nitrogen and oxygen atoms in total. The van der Waals surface area contributed by atoms with E-state index in [4.69, 9.17) is 4.42 Å². The van der Waals surface area contributed by atoms with Gasteiger partial charge in [-0.25, -0.2) is 13.2 Å². The summed E-state index contributed by atoms with van der Waals surface area (Å²) in [6, 6.07) is 11.9. The molecule has 0 bridgehead atoms. The van der Waals surface area contributed by atoms with Crippen LogP contribution >= 0.6 is 0 Å². The van der Waals surface area contributed by atoms with Crippen molar-refractivity contribution in [2.75, 3.05) is 12.3 Å². The van der Waals surface area contributed by atoms with Crippen molar-refractivity contribution in [3.63, 3.8) is 0 Å². The average Bonchev–Trinajstić information content (AvgIpc) is 2.61. The van der Waals surface area contributed by atoms with Crippen LogP contribution in [-0.2, 0) is 9.84 Å². The molecule has 3 rings (SSSR count). The van der Waals surface area contributed by atoms with Gasteiger partial charge in [-0.1, -0.05) is 17.7 Å². The molecule has 140 valence electrons. The summed E-state index contributed by atoms with van der Waals surface area (Å²) in [6.07, 6.45) is 0. The minimum absolute atomic E-state index is 0.0656. The fraction of sp³-hybridized carbons (Fsp3) is 0.158. The number of phenolic OH excluding ortho intramolecular Hbond substituents is 1. The van der Waals surface area contributed by atoms with Gasteiger partial charge in [0.25, 0.3) is 5.91 Å². The summed E-state index contributed by atoms with van der Waals surface area (Å²) in [6.45, 7) is 1.70. The maximum absolute atomic E-state index is 12.3. The van der Waals surface area contributed by atoms with Crippen LogP contribution in [0.15, 0.2) is 62.6 Å². The number of hydrogen-bond donors (Lipinski definition) is 2. The van der Waals surface area contributed by atoms with Crippen LogP contribution in [0, 0.1) is 6.92 Å². The van der Waals surface area contributed by atoms with E-state index in [1.807, 2.05) is 6.92 Å². The second kappa shape index (κ2) is 7.24. The number of carbonyl (C=O) groups excluding carboxylic acids is 1. The topological polar surface area (TPSA) is 114 Å². The largest absolute Gasteiger partial charge is 0.508 e. The maximum Gasteiger partial charge on any atom is 0.349 e. The van der Waals surface area contributed by atoms with Gasteiger partial charge in [0.15, 0.2) is 9.84 Å². The molecule has 1 heterocycles. The van der Waals surface area contributed by atoms with Crippen molar-refractivity contribution < 1.29 is 22.7 Å². The second-order valence-corrected chi connectivity index (χ2v) is 8.17. The van der Waals surface area contributed by atoms with E-state index in [0.29, 0.717) is 5.39 Å². The summed E-state index contributed by atoms with van der Waals surface area (Å²) < 4.78 is 29.6. The number of amides is 1. The van der Waals surface area contributed by atoms with Gasteiger partial charge in [-0.2, -0.15) is 0 Å². The highest BCUT2D eigenvalue weighted by Crippen LogP contribution is 2.19. The minimum Gasteiger partial charge on any atom is -0.508 e. The van der Waals surface area contributed by atoms with Crippen LogP contribution in [0.1, 0.15) is 15.9 Å². The van der Waals surface area contributed by atoms with Crippen molar-refractivity contribution in [3.05, 3.63) is 70.1 Å². The van der Waals surface area contributed by atoms with E-state index in [-0.39, 0.29) is 34.1 Å². The number of phenols is 1. The first-order chi connectivity index (χ1) is 12.8. The zero-order valence-corrected chi connectivity index (χ0v) is 15.2. The Hall–Kier alpha value is -3.13. The number of aryl methyl sites for hydroxylation is 1. The lowest BCUT2D eigenvalue weighted by Gasteiger charge is -2.07. The molecular formula is C19H17NO6S. The molecule has 0 saturated carbocycles. The van der Waals surface area contributed by atoms with Gasteiger partial charge in [0.05, 0.1) is 10.6 Å². The summed E-state index contributed by atoms with van der Waals surface area (Å²) in [5, 5.41) is 12.3. The van der Waals surface area contributed by atoms with Crippen molar-refractivity contribution >= 4 is 26.7 Å². The van der Waals surface area contributed by atoms with Gasteiger partial charge < -0.3 is 14.8 Å². The third kappa shape index (κ3) is 4.17. The molecule has 0 radical (unpaired) electrons. The van der Waals surface area contributed by atoms with Crippen LogP contribution in [0.2, 0.25) is 0 Å². The van der Waals surface area contributed by atoms with E-state index in [2.05, 4.69) is 5.32 Å². The summed E-state index contributed by atoms with van der Waals surface area (Å²) in [4.78, 5) is 24.4. The van der Waals surface area contributed by atoms with E-state index in [1.165, 1.54) is 36.4 Å². The average molecular weight is 387 g/mol. The third-order valence-electron chi connectivity index (χ3n) is 4.00. The van der Waals surface area contributed by atoms with E-state index in [0.717, 1.165) is 5.56 Å². The van der Waals surface area contributed by atoms with Crippen LogP contribution < -0.4 is 10.9 Å². The Morgan fingerprint density at radius 2 is 1.81 bits per heavy atom. The van der Waals surface area contributed by atoms with Gasteiger partial charge in [-0.05, 0) is 37.3 Å². The Morgan fingerprint density at radius 3 is 2.52 bits per heavy atom. The molecule has 0 unspecified atom stereocenters. The monoisotopic (exact) mass is 387 g/mol. The number of carbonyl (C=O) groups is 1. The summed E-state index contributed by atoms with van der Waals surface area (Å²) >= 11 is 0. The number of rotatable bonds is 5. The highest BCUT2D eigenvalue weighted by atomic mass is 32.2. The van der Waals surface area contributed by atoms with Crippen molar-refractivity contribution in [1.29, 1.82) is 0 Å². The van der Waals surface area contributed by atoms with Crippen LogP contribution in [0.4, 0.5) is 0 Å². The lowest BCUT2D eigenvalue weighted by atomic mass is 10.1. The Labute approximate surface area is 155 Å². The second-order valence-electron chi connectivity index (χ2n) is 6.06. The van der Waals surface area contributed by atoms with E-state index in [9.17, 15) is 23.1 Å². The normalized spacial score (nSPS) is 11.4. The Balaban J connectivity index is 1.71. The highest BCUT2D eigenvalue weighted by Gasteiger charge is 2.17. The molecule has 27 heavy (non-hydrogen) atoms. The van der Waals surface area contributed by atoms with Crippen LogP contribution in [0.5, 0.6) is 5.75 Å². The molecule has 3 aromatic rings. The molecule has 2 N–H and O–H groups in total. The molecule has 1 amide bonds.